The molecule has 12 nitrogen and oxygen atoms in total. The van der Waals surface area contributed by atoms with Gasteiger partial charge in [0.25, 0.3) is 5.56 Å². The van der Waals surface area contributed by atoms with Gasteiger partial charge < -0.3 is 14.3 Å². The van der Waals surface area contributed by atoms with Crippen molar-refractivity contribution in [2.75, 3.05) is 6.61 Å². The van der Waals surface area contributed by atoms with E-state index in [4.69, 9.17) is 9.15 Å². The van der Waals surface area contributed by atoms with Gasteiger partial charge in [-0.3, -0.25) is 15.0 Å². The van der Waals surface area contributed by atoms with Crippen LogP contribution in [0.1, 0.15) is 18.2 Å². The fourth-order valence-corrected chi connectivity index (χ4v) is 3.61. The predicted molar refractivity (Wildman–Crippen MR) is 119 cm³/mol. The van der Waals surface area contributed by atoms with Gasteiger partial charge in [0.2, 0.25) is 5.70 Å². The monoisotopic (exact) mass is 459 g/mol. The molecule has 0 saturated carbocycles. The molecule has 3 N–H and O–H groups in total. The van der Waals surface area contributed by atoms with Crippen molar-refractivity contribution < 1.29 is 19.1 Å². The number of benzene rings is 1. The molecule has 0 radical (unpaired) electrons. The van der Waals surface area contributed by atoms with Crippen LogP contribution in [0, 0.1) is 5.92 Å². The number of ether oxygens (including phenoxy) is 1. The maximum absolute atomic E-state index is 12.5. The van der Waals surface area contributed by atoms with Crippen LogP contribution in [-0.2, 0) is 9.53 Å². The Balaban J connectivity index is 1.60. The van der Waals surface area contributed by atoms with Crippen LogP contribution in [0.2, 0.25) is 0 Å². The Hall–Kier alpha value is -4.87. The number of amidine groups is 2. The molecule has 12 heteroatoms. The van der Waals surface area contributed by atoms with Gasteiger partial charge in [-0.2, -0.15) is 0 Å². The molecule has 2 aliphatic rings. The van der Waals surface area contributed by atoms with Crippen molar-refractivity contribution in [3.05, 3.63) is 86.8 Å². The normalized spacial score (nSPS) is 17.4. The second kappa shape index (κ2) is 8.58. The van der Waals surface area contributed by atoms with Crippen molar-refractivity contribution in [2.24, 2.45) is 31.3 Å². The lowest BCUT2D eigenvalue weighted by atomic mass is 9.92. The highest BCUT2D eigenvalue weighted by Gasteiger charge is 2.37. The van der Waals surface area contributed by atoms with Crippen LogP contribution in [0.3, 0.4) is 0 Å². The third-order valence-electron chi connectivity index (χ3n) is 5.09. The number of azo groups is 1. The summed E-state index contributed by atoms with van der Waals surface area (Å²) in [7, 11) is 0. The number of H-pyrrole nitrogens is 2. The number of hydrogen-bond donors (Lipinski definition) is 3. The number of aliphatic hydroxyl groups is 1. The molecule has 0 fully saturated rings. The number of nitrogens with zero attached hydrogens (tertiary/aromatic N) is 5. The fraction of sp³-hybridized carbons (Fsp3) is 0.136. The van der Waals surface area contributed by atoms with E-state index in [9.17, 15) is 14.7 Å². The van der Waals surface area contributed by atoms with E-state index in [0.29, 0.717) is 16.9 Å². The Labute approximate surface area is 190 Å². The van der Waals surface area contributed by atoms with Crippen molar-refractivity contribution in [1.29, 1.82) is 0 Å². The van der Waals surface area contributed by atoms with Gasteiger partial charge in [0.05, 0.1) is 18.1 Å². The minimum Gasteiger partial charge on any atom is -0.505 e. The summed E-state index contributed by atoms with van der Waals surface area (Å²) in [6.07, 6.45) is 1.47. The third-order valence-corrected chi connectivity index (χ3v) is 5.09. The van der Waals surface area contributed by atoms with Gasteiger partial charge in [0.1, 0.15) is 11.7 Å². The van der Waals surface area contributed by atoms with E-state index in [1.165, 1.54) is 6.26 Å². The average Bonchev–Trinajstić information content (AvgIpc) is 3.60. The summed E-state index contributed by atoms with van der Waals surface area (Å²) < 4.78 is 10.6. The van der Waals surface area contributed by atoms with Crippen LogP contribution in [0.5, 0.6) is 0 Å². The zero-order valence-corrected chi connectivity index (χ0v) is 17.7. The van der Waals surface area contributed by atoms with Crippen molar-refractivity contribution in [1.82, 2.24) is 10.2 Å². The molecule has 0 aliphatic carbocycles. The predicted octanol–water partition coefficient (Wildman–Crippen LogP) is 1.41. The second-order valence-corrected chi connectivity index (χ2v) is 7.14. The number of furan rings is 1. The standard InChI is InChI=1S/C22H17N7O5/c1-2-33-22(32)16(17(30)11-7-4-3-5-8-11)24-27-20-14-13(12-9-6-10-34-12)15-19(26-29-21(15)31)23-18(14)25-28-20/h3-10,14,30H,2H2,1H3,(H,29,31)(H,23,25,26)/b17-16-,27-24?. The van der Waals surface area contributed by atoms with E-state index in [2.05, 4.69) is 35.6 Å². The van der Waals surface area contributed by atoms with Gasteiger partial charge in [-0.25, -0.2) is 9.79 Å². The van der Waals surface area contributed by atoms with Crippen LogP contribution < -0.4 is 16.3 Å². The molecule has 34 heavy (non-hydrogen) atoms. The highest BCUT2D eigenvalue weighted by Crippen LogP contribution is 2.30. The van der Waals surface area contributed by atoms with Crippen LogP contribution in [-0.4, -0.2) is 39.6 Å². The molecule has 1 atom stereocenters. The molecule has 0 amide bonds. The first-order valence-electron chi connectivity index (χ1n) is 10.2. The summed E-state index contributed by atoms with van der Waals surface area (Å²) in [6.45, 7) is 1.71. The quantitative estimate of drug-likeness (QED) is 0.226. The molecular weight excluding hydrogens is 442 g/mol. The molecule has 1 unspecified atom stereocenters. The van der Waals surface area contributed by atoms with E-state index in [1.807, 2.05) is 0 Å². The molecule has 0 saturated heterocycles. The number of carbonyl (C=O) groups excluding carboxylic acids is 1. The molecule has 0 bridgehead atoms. The van der Waals surface area contributed by atoms with Crippen molar-refractivity contribution >= 4 is 29.0 Å². The molecule has 0 spiro atoms. The lowest BCUT2D eigenvalue weighted by Crippen LogP contribution is -2.44. The molecule has 170 valence electrons. The van der Waals surface area contributed by atoms with E-state index in [-0.39, 0.29) is 29.0 Å². The van der Waals surface area contributed by atoms with E-state index < -0.39 is 28.9 Å². The van der Waals surface area contributed by atoms with Crippen LogP contribution >= 0.6 is 0 Å². The SMILES string of the molecule is CCOC(=O)/C(N=NC1=NN=C2N=c3[nH][nH]c(=O)c3=C(c3ccco3)C12)=C(/O)c1ccccc1. The van der Waals surface area contributed by atoms with E-state index >= 15 is 0 Å². The first-order chi connectivity index (χ1) is 16.6. The third kappa shape index (κ3) is 3.56. The van der Waals surface area contributed by atoms with Crippen molar-refractivity contribution in [2.45, 2.75) is 6.92 Å². The van der Waals surface area contributed by atoms with Gasteiger partial charge in [-0.15, -0.1) is 20.4 Å². The molecule has 5 rings (SSSR count). The minimum atomic E-state index is -0.861. The first-order valence-corrected chi connectivity index (χ1v) is 10.2. The highest BCUT2D eigenvalue weighted by atomic mass is 16.5. The van der Waals surface area contributed by atoms with Crippen LogP contribution in [0.25, 0.3) is 11.3 Å². The van der Waals surface area contributed by atoms with Crippen LogP contribution in [0.4, 0.5) is 0 Å². The number of esters is 1. The number of carbonyl (C=O) groups is 1. The summed E-state index contributed by atoms with van der Waals surface area (Å²) in [6, 6.07) is 11.8. The number of aliphatic hydroxyl groups excluding tert-OH is 1. The van der Waals surface area contributed by atoms with Gasteiger partial charge in [-0.05, 0) is 19.1 Å². The Morgan fingerprint density at radius 3 is 2.74 bits per heavy atom. The largest absolute Gasteiger partial charge is 0.505 e. The van der Waals surface area contributed by atoms with Crippen molar-refractivity contribution in [3.8, 4) is 0 Å². The molecule has 1 aromatic carbocycles. The fourth-order valence-electron chi connectivity index (χ4n) is 3.61. The number of hydrogen-bond acceptors (Lipinski definition) is 10. The molecule has 2 aliphatic heterocycles. The Bertz CT molecular complexity index is 1560. The topological polar surface area (TPSA) is 170 Å². The Kier molecular flexibility index (Phi) is 5.30. The van der Waals surface area contributed by atoms with Gasteiger partial charge >= 0.3 is 5.97 Å². The van der Waals surface area contributed by atoms with Gasteiger partial charge in [-0.1, -0.05) is 30.3 Å². The second-order valence-electron chi connectivity index (χ2n) is 7.14. The summed E-state index contributed by atoms with van der Waals surface area (Å²) >= 11 is 0. The smallest absolute Gasteiger partial charge is 0.362 e. The summed E-state index contributed by atoms with van der Waals surface area (Å²) in [5, 5.41) is 32.3. The van der Waals surface area contributed by atoms with Gasteiger partial charge in [0.15, 0.2) is 22.9 Å². The van der Waals surface area contributed by atoms with Gasteiger partial charge in [0, 0.05) is 11.1 Å². The lowest BCUT2D eigenvalue weighted by molar-refractivity contribution is -0.138. The molecule has 2 aromatic heterocycles. The van der Waals surface area contributed by atoms with Crippen LogP contribution in [0.15, 0.2) is 89.1 Å². The number of aromatic nitrogens is 2. The average molecular weight is 459 g/mol. The zero-order chi connectivity index (χ0) is 23.7. The van der Waals surface area contributed by atoms with Crippen molar-refractivity contribution in [3.63, 3.8) is 0 Å². The molecule has 3 aromatic rings. The number of aromatic amines is 2. The van der Waals surface area contributed by atoms with E-state index in [0.717, 1.165) is 0 Å². The Morgan fingerprint density at radius 2 is 2.00 bits per heavy atom. The molecule has 4 heterocycles. The summed E-state index contributed by atoms with van der Waals surface area (Å²) in [5.41, 5.74) is 0.278. The highest BCUT2D eigenvalue weighted by molar-refractivity contribution is 6.17. The Morgan fingerprint density at radius 1 is 1.18 bits per heavy atom. The zero-order valence-electron chi connectivity index (χ0n) is 17.7. The number of fused-ring (bicyclic) bond motifs is 2. The maximum atomic E-state index is 12.5. The lowest BCUT2D eigenvalue weighted by Gasteiger charge is -2.14. The molecular formula is C22H17N7O5. The summed E-state index contributed by atoms with van der Waals surface area (Å²) in [4.78, 5) is 29.4. The minimum absolute atomic E-state index is 0.0547. The number of nitrogens with one attached hydrogen (secondary N) is 2. The first kappa shape index (κ1) is 21.0. The summed E-state index contributed by atoms with van der Waals surface area (Å²) in [5.74, 6) is -1.33. The van der Waals surface area contributed by atoms with E-state index in [1.54, 1.807) is 49.4 Å². The number of rotatable bonds is 5. The maximum Gasteiger partial charge on any atom is 0.362 e.